The predicted molar refractivity (Wildman–Crippen MR) is 245 cm³/mol. The fourth-order valence-corrected chi connectivity index (χ4v) is 67.4. The summed E-state index contributed by atoms with van der Waals surface area (Å²) >= 11 is -10.5. The quantitative estimate of drug-likeness (QED) is 0.0987. The van der Waals surface area contributed by atoms with Crippen molar-refractivity contribution in [1.29, 1.82) is 0 Å². The van der Waals surface area contributed by atoms with Gasteiger partial charge in [0.1, 0.15) is 0 Å². The zero-order chi connectivity index (χ0) is 37.2. The molecule has 0 radical (unpaired) electrons. The Morgan fingerprint density at radius 2 is 0.418 bits per heavy atom. The normalized spacial score (nSPS) is 11.9. The van der Waals surface area contributed by atoms with E-state index < -0.39 is 50.0 Å². The first-order valence-corrected chi connectivity index (χ1v) is 37.4. The molecule has 0 unspecified atom stereocenters. The molecule has 0 spiro atoms. The van der Waals surface area contributed by atoms with Crippen LogP contribution in [-0.2, 0) is 0 Å². The van der Waals surface area contributed by atoms with Gasteiger partial charge in [-0.15, -0.1) is 0 Å². The Balaban J connectivity index is 1.36. The number of benzene rings is 8. The van der Waals surface area contributed by atoms with Crippen LogP contribution in [0.25, 0.3) is 0 Å². The monoisotopic (exact) mass is 986 g/mol. The Hall–Kier alpha value is -4.10. The van der Waals surface area contributed by atoms with Crippen LogP contribution in [0.2, 0.25) is 19.4 Å². The molecule has 0 N–H and O–H groups in total. The van der Waals surface area contributed by atoms with Crippen molar-refractivity contribution in [1.82, 2.24) is 0 Å². The van der Waals surface area contributed by atoms with Gasteiger partial charge in [-0.3, -0.25) is 0 Å². The second kappa shape index (κ2) is 17.8. The summed E-state index contributed by atoms with van der Waals surface area (Å²) in [4.78, 5) is 0. The average Bonchev–Trinajstić information content (AvgIpc) is 3.29. The van der Waals surface area contributed by atoms with Crippen LogP contribution in [0.3, 0.4) is 0 Å². The molecule has 268 valence electrons. The Morgan fingerprint density at radius 3 is 0.618 bits per heavy atom. The third-order valence-electron chi connectivity index (χ3n) is 12.1. The maximum atomic E-state index is 2.50. The Labute approximate surface area is 339 Å². The van der Waals surface area contributed by atoms with Crippen LogP contribution in [0.1, 0.15) is 0 Å². The van der Waals surface area contributed by atoms with E-state index in [2.05, 4.69) is 243 Å². The van der Waals surface area contributed by atoms with Gasteiger partial charge in [-0.1, -0.05) is 0 Å². The molecule has 0 aliphatic rings. The summed E-state index contributed by atoms with van der Waals surface area (Å²) in [5.74, 6) is 0. The van der Waals surface area contributed by atoms with Crippen LogP contribution in [0.4, 0.5) is 0 Å². The molecule has 0 heterocycles. The first-order chi connectivity index (χ1) is 27.3. The third kappa shape index (κ3) is 7.70. The van der Waals surface area contributed by atoms with Crippen molar-refractivity contribution < 1.29 is 0 Å². The van der Waals surface area contributed by atoms with E-state index in [1.165, 1.54) is 19.4 Å². The first kappa shape index (κ1) is 37.8. The van der Waals surface area contributed by atoms with E-state index in [0.29, 0.717) is 0 Å². The molecule has 0 atom stereocenters. The molecule has 0 fully saturated rings. The molecule has 0 aliphatic carbocycles. The minimum atomic E-state index is -3.62. The molecule has 0 saturated heterocycles. The summed E-state index contributed by atoms with van der Waals surface area (Å²) < 4.78 is 15.1. The summed E-state index contributed by atoms with van der Waals surface area (Å²) in [6.07, 6.45) is 0. The van der Waals surface area contributed by atoms with Crippen molar-refractivity contribution in [2.75, 3.05) is 0 Å². The fraction of sp³-hybridized carbons (Fsp3) is 0.0769. The Kier molecular flexibility index (Phi) is 12.2. The Morgan fingerprint density at radius 1 is 0.236 bits per heavy atom. The first-order valence-electron chi connectivity index (χ1n) is 19.7. The van der Waals surface area contributed by atoms with E-state index in [-0.39, 0.29) is 0 Å². The number of rotatable bonds is 14. The molecule has 0 aliphatic heterocycles. The van der Waals surface area contributed by atoms with E-state index in [9.17, 15) is 0 Å². The van der Waals surface area contributed by atoms with Gasteiger partial charge in [0, 0.05) is 0 Å². The van der Waals surface area contributed by atoms with E-state index in [0.717, 1.165) is 0 Å². The van der Waals surface area contributed by atoms with E-state index >= 15 is 0 Å². The van der Waals surface area contributed by atoms with Gasteiger partial charge >= 0.3 is 342 Å². The molecule has 8 aromatic rings. The summed E-state index contributed by atoms with van der Waals surface area (Å²) in [6, 6.07) is 93.6. The van der Waals surface area contributed by atoms with Crippen LogP contribution in [0, 0.1) is 0 Å². The number of hydrogen-bond acceptors (Lipinski definition) is 0. The maximum absolute atomic E-state index is 3.62. The molecule has 0 saturated carbocycles. The van der Waals surface area contributed by atoms with Crippen LogP contribution in [-0.4, -0.2) is 50.0 Å². The second-order valence-corrected chi connectivity index (χ2v) is 47.0. The van der Waals surface area contributed by atoms with Gasteiger partial charge in [-0.05, 0) is 0 Å². The van der Waals surface area contributed by atoms with Crippen molar-refractivity contribution in [3.05, 3.63) is 243 Å². The molecule has 0 amide bonds. The summed E-state index contributed by atoms with van der Waals surface area (Å²) in [7, 11) is 0. The van der Waals surface area contributed by atoms with Crippen LogP contribution >= 0.6 is 0 Å². The summed E-state index contributed by atoms with van der Waals surface area (Å²) in [6.45, 7) is 0. The zero-order valence-corrected chi connectivity index (χ0v) is 39.2. The van der Waals surface area contributed by atoms with Crippen molar-refractivity contribution >= 4 is 80.3 Å². The number of hydrogen-bond donors (Lipinski definition) is 0. The Bertz CT molecular complexity index is 1970. The summed E-state index contributed by atoms with van der Waals surface area (Å²) in [5.41, 5.74) is 0. The van der Waals surface area contributed by atoms with Crippen LogP contribution < -0.4 is 30.3 Å². The molecular weight excluding hydrogens is 935 g/mol. The van der Waals surface area contributed by atoms with Gasteiger partial charge in [0.25, 0.3) is 0 Å². The van der Waals surface area contributed by atoms with Crippen molar-refractivity contribution in [2.45, 2.75) is 19.4 Å². The molecule has 0 nitrogen and oxygen atoms in total. The van der Waals surface area contributed by atoms with Crippen molar-refractivity contribution in [3.8, 4) is 0 Å². The molecule has 0 aromatic heterocycles. The van der Waals surface area contributed by atoms with Crippen LogP contribution in [0.15, 0.2) is 243 Å². The van der Waals surface area contributed by atoms with Crippen LogP contribution in [0.5, 0.6) is 0 Å². The topological polar surface area (TPSA) is 0 Å². The van der Waals surface area contributed by atoms with E-state index in [1.807, 2.05) is 0 Å². The summed E-state index contributed by atoms with van der Waals surface area (Å²) in [5, 5.41) is 2.48. The standard InChI is InChI=1S/C16H18Ge.6C6H5.2Sn/c1-3-17(4-2,15-11-7-5-8-12-15)16-13-9-6-10-14-16;6*1-2-4-6-5-3-1;;/h5-14H,1-4H2;6*1-5H;;. The predicted octanol–water partition coefficient (Wildman–Crippen LogP) is 7.59. The molecule has 0 bridgehead atoms. The molecule has 8 rings (SSSR count). The van der Waals surface area contributed by atoms with E-state index in [4.69, 9.17) is 0 Å². The second-order valence-electron chi connectivity index (χ2n) is 14.8. The average molecular weight is 983 g/mol. The SMILES string of the molecule is c1cc[c]([Ge]([CH2][CH2][Sn]([c]2ccccc2)([c]2ccccc2)[c]2ccccc2)([CH2][CH2][Sn]([c]2ccccc2)([c]2ccccc2)[c]2ccccc2)[c]2ccccc2)cc1. The fourth-order valence-electron chi connectivity index (χ4n) is 9.39. The van der Waals surface area contributed by atoms with Gasteiger partial charge in [0.05, 0.1) is 0 Å². The third-order valence-corrected chi connectivity index (χ3v) is 57.1. The van der Waals surface area contributed by atoms with Gasteiger partial charge in [-0.2, -0.15) is 0 Å². The molecule has 3 heteroatoms. The van der Waals surface area contributed by atoms with Gasteiger partial charge < -0.3 is 0 Å². The minimum absolute atomic E-state index is 1.22. The zero-order valence-electron chi connectivity index (χ0n) is 31.4. The van der Waals surface area contributed by atoms with Gasteiger partial charge in [0.15, 0.2) is 0 Å². The molecule has 8 aromatic carbocycles. The molecule has 55 heavy (non-hydrogen) atoms. The van der Waals surface area contributed by atoms with Crippen molar-refractivity contribution in [2.24, 2.45) is 0 Å². The van der Waals surface area contributed by atoms with Gasteiger partial charge in [-0.25, -0.2) is 0 Å². The molecular formula is C52H48GeSn2. The van der Waals surface area contributed by atoms with E-state index in [1.54, 1.807) is 30.3 Å². The van der Waals surface area contributed by atoms with Crippen molar-refractivity contribution in [3.63, 3.8) is 0 Å². The van der Waals surface area contributed by atoms with Gasteiger partial charge in [0.2, 0.25) is 0 Å².